The first kappa shape index (κ1) is 19.0. The fourth-order valence-corrected chi connectivity index (χ4v) is 6.09. The quantitative estimate of drug-likeness (QED) is 0.352. The molecular formula is C18H29F2N2O3P. The minimum absolute atomic E-state index is 0.0527. The van der Waals surface area contributed by atoms with Crippen molar-refractivity contribution in [3.8, 4) is 0 Å². The molecule has 1 heterocycles. The SMILES string of the molecule is [2H][C@]12C[C@@]1(F)C[C@]1(OP(OCC[N+]#[C-])N(C(C)C)C(C)C)[C@@H](F)[C@H](C)O[C@@H]12. The topological polar surface area (TPSA) is 35.3 Å². The van der Waals surface area contributed by atoms with Gasteiger partial charge in [-0.25, -0.2) is 20.0 Å². The lowest BCUT2D eigenvalue weighted by Gasteiger charge is -2.41. The first-order valence-electron chi connectivity index (χ1n) is 9.74. The standard InChI is InChI=1S/C18H29F2N2O3P/c1-11(2)22(12(3)4)26(23-8-7-21-6)25-18-10-17(20)9-14(17)16(18)24-13(5)15(18)19/h11-16H,7-10H2,1-5H3/t13-,14+,15-,16+,17+,18-,26?/m0/s1/i14D. The zero-order valence-electron chi connectivity index (χ0n) is 17.0. The van der Waals surface area contributed by atoms with Crippen LogP contribution in [0.5, 0.6) is 0 Å². The van der Waals surface area contributed by atoms with Crippen molar-refractivity contribution in [3.63, 3.8) is 0 Å². The molecule has 5 nitrogen and oxygen atoms in total. The summed E-state index contributed by atoms with van der Waals surface area (Å²) in [7, 11) is -1.74. The minimum Gasteiger partial charge on any atom is -0.369 e. The maximum atomic E-state index is 15.3. The number of fused-ring (bicyclic) bond motifs is 3. The molecule has 26 heavy (non-hydrogen) atoms. The van der Waals surface area contributed by atoms with E-state index in [-0.39, 0.29) is 38.1 Å². The van der Waals surface area contributed by atoms with Crippen LogP contribution < -0.4 is 0 Å². The Labute approximate surface area is 157 Å². The van der Waals surface area contributed by atoms with Gasteiger partial charge in [-0.05, 0) is 41.0 Å². The zero-order valence-corrected chi connectivity index (χ0v) is 16.9. The van der Waals surface area contributed by atoms with Gasteiger partial charge in [-0.3, -0.25) is 0 Å². The van der Waals surface area contributed by atoms with Crippen LogP contribution in [0.3, 0.4) is 0 Å². The van der Waals surface area contributed by atoms with Crippen molar-refractivity contribution in [2.45, 2.75) is 89.2 Å². The predicted octanol–water partition coefficient (Wildman–Crippen LogP) is 4.28. The number of ether oxygens (including phenoxy) is 1. The summed E-state index contributed by atoms with van der Waals surface area (Å²) in [4.78, 5) is 3.29. The van der Waals surface area contributed by atoms with Crippen LogP contribution in [0.25, 0.3) is 4.85 Å². The maximum Gasteiger partial charge on any atom is 0.260 e. The fourth-order valence-electron chi connectivity index (χ4n) is 4.26. The molecule has 0 spiro atoms. The highest BCUT2D eigenvalue weighted by Gasteiger charge is 2.79. The average molecular weight is 391 g/mol. The van der Waals surface area contributed by atoms with Gasteiger partial charge < -0.3 is 18.6 Å². The van der Waals surface area contributed by atoms with Gasteiger partial charge in [-0.15, -0.1) is 0 Å². The van der Waals surface area contributed by atoms with Crippen LogP contribution in [0.2, 0.25) is 0 Å². The molecule has 0 aromatic rings. The van der Waals surface area contributed by atoms with E-state index in [0.717, 1.165) is 0 Å². The van der Waals surface area contributed by atoms with Crippen molar-refractivity contribution >= 4 is 8.53 Å². The molecule has 3 aliphatic rings. The van der Waals surface area contributed by atoms with E-state index < -0.39 is 44.1 Å². The van der Waals surface area contributed by atoms with Crippen LogP contribution in [0.4, 0.5) is 8.78 Å². The third-order valence-corrected chi connectivity index (χ3v) is 7.57. The normalized spacial score (nSPS) is 45.6. The summed E-state index contributed by atoms with van der Waals surface area (Å²) < 4.78 is 58.6. The molecule has 7 atom stereocenters. The van der Waals surface area contributed by atoms with Crippen molar-refractivity contribution in [2.24, 2.45) is 5.89 Å². The summed E-state index contributed by atoms with van der Waals surface area (Å²) in [6.45, 7) is 16.8. The molecule has 8 heteroatoms. The lowest BCUT2D eigenvalue weighted by Crippen LogP contribution is -2.48. The second kappa shape index (κ2) is 7.22. The first-order chi connectivity index (χ1) is 12.5. The zero-order chi connectivity index (χ0) is 20.2. The number of hydrogen-bond donors (Lipinski definition) is 0. The summed E-state index contributed by atoms with van der Waals surface area (Å²) >= 11 is 0. The Hall–Kier alpha value is -0.380. The van der Waals surface area contributed by atoms with Crippen LogP contribution >= 0.6 is 8.53 Å². The van der Waals surface area contributed by atoms with Gasteiger partial charge >= 0.3 is 0 Å². The van der Waals surface area contributed by atoms with E-state index in [2.05, 4.69) is 4.85 Å². The molecule has 3 fully saturated rings. The number of halogens is 2. The van der Waals surface area contributed by atoms with E-state index in [1.54, 1.807) is 6.92 Å². The molecule has 3 rings (SSSR count). The Balaban J connectivity index is 1.90. The molecule has 2 saturated carbocycles. The van der Waals surface area contributed by atoms with E-state index in [0.29, 0.717) is 0 Å². The molecule has 0 bridgehead atoms. The molecule has 0 N–H and O–H groups in total. The van der Waals surface area contributed by atoms with E-state index in [9.17, 15) is 0 Å². The maximum absolute atomic E-state index is 15.3. The van der Waals surface area contributed by atoms with Gasteiger partial charge in [0.1, 0.15) is 17.9 Å². The highest BCUT2D eigenvalue weighted by atomic mass is 31.2. The minimum atomic E-state index is -1.76. The molecule has 0 aromatic heterocycles. The second-order valence-corrected chi connectivity index (χ2v) is 9.41. The lowest BCUT2D eigenvalue weighted by atomic mass is 9.90. The van der Waals surface area contributed by atoms with Crippen molar-refractivity contribution < 1.29 is 23.9 Å². The molecular weight excluding hydrogens is 361 g/mol. The van der Waals surface area contributed by atoms with Crippen molar-refractivity contribution in [1.82, 2.24) is 4.67 Å². The number of hydrogen-bond acceptors (Lipinski definition) is 4. The van der Waals surface area contributed by atoms with Crippen LogP contribution in [0.15, 0.2) is 0 Å². The molecule has 0 amide bonds. The van der Waals surface area contributed by atoms with Gasteiger partial charge in [0.15, 0.2) is 6.17 Å². The summed E-state index contributed by atoms with van der Waals surface area (Å²) in [5, 5.41) is 0. The van der Waals surface area contributed by atoms with Crippen molar-refractivity contribution in [3.05, 3.63) is 11.4 Å². The van der Waals surface area contributed by atoms with E-state index in [1.165, 1.54) is 0 Å². The Kier molecular flexibility index (Phi) is 5.26. The molecule has 0 aromatic carbocycles. The third kappa shape index (κ3) is 3.29. The number of alkyl halides is 2. The van der Waals surface area contributed by atoms with E-state index in [1.807, 2.05) is 32.4 Å². The fraction of sp³-hybridized carbons (Fsp3) is 0.944. The van der Waals surface area contributed by atoms with E-state index in [4.69, 9.17) is 21.7 Å². The van der Waals surface area contributed by atoms with Crippen LogP contribution in [-0.4, -0.2) is 59.6 Å². The number of rotatable bonds is 8. The van der Waals surface area contributed by atoms with Gasteiger partial charge in [-0.2, -0.15) is 0 Å². The molecule has 2 aliphatic carbocycles. The second-order valence-electron chi connectivity index (χ2n) is 8.03. The highest BCUT2D eigenvalue weighted by molar-refractivity contribution is 7.44. The predicted molar refractivity (Wildman–Crippen MR) is 96.1 cm³/mol. The Morgan fingerprint density at radius 3 is 2.65 bits per heavy atom. The Bertz CT molecular complexity index is 616. The van der Waals surface area contributed by atoms with Gasteiger partial charge in [0.05, 0.1) is 12.2 Å². The van der Waals surface area contributed by atoms with Gasteiger partial charge in [-0.1, -0.05) is 0 Å². The first-order valence-corrected chi connectivity index (χ1v) is 10.4. The Morgan fingerprint density at radius 2 is 2.08 bits per heavy atom. The van der Waals surface area contributed by atoms with Crippen molar-refractivity contribution in [1.29, 1.82) is 0 Å². The molecule has 1 aliphatic heterocycles. The smallest absolute Gasteiger partial charge is 0.260 e. The van der Waals surface area contributed by atoms with E-state index >= 15 is 8.78 Å². The van der Waals surface area contributed by atoms with Gasteiger partial charge in [0.2, 0.25) is 6.54 Å². The monoisotopic (exact) mass is 391 g/mol. The third-order valence-electron chi connectivity index (χ3n) is 5.37. The molecule has 0 radical (unpaired) electrons. The van der Waals surface area contributed by atoms with Crippen LogP contribution in [0.1, 0.15) is 48.8 Å². The molecule has 1 unspecified atom stereocenters. The van der Waals surface area contributed by atoms with Crippen LogP contribution in [-0.2, 0) is 13.8 Å². The number of nitrogens with zero attached hydrogens (tertiary/aromatic N) is 2. The average Bonchev–Trinajstić information content (AvgIpc) is 2.93. The molecule has 1 saturated heterocycles. The lowest BCUT2D eigenvalue weighted by molar-refractivity contribution is -0.0449. The molecule has 148 valence electrons. The van der Waals surface area contributed by atoms with Crippen LogP contribution in [0, 0.1) is 12.5 Å². The summed E-state index contributed by atoms with van der Waals surface area (Å²) in [5.41, 5.74) is -3.28. The summed E-state index contributed by atoms with van der Waals surface area (Å²) in [6, 6.07) is 0.105. The van der Waals surface area contributed by atoms with Gasteiger partial charge in [0, 0.05) is 25.8 Å². The van der Waals surface area contributed by atoms with Gasteiger partial charge in [0.25, 0.3) is 8.53 Å². The summed E-state index contributed by atoms with van der Waals surface area (Å²) in [6.07, 6.45) is -3.36. The van der Waals surface area contributed by atoms with Crippen molar-refractivity contribution in [2.75, 3.05) is 13.2 Å². The summed E-state index contributed by atoms with van der Waals surface area (Å²) in [5.74, 6) is -1.44. The highest BCUT2D eigenvalue weighted by Crippen LogP contribution is 2.70. The largest absolute Gasteiger partial charge is 0.369 e. The Morgan fingerprint density at radius 1 is 1.42 bits per heavy atom.